The standard InChI is InChI=1S/C23H31N5O/c1-16(2)26-22-20(23(29)25-14-17-6-7-17)13-18-8-11-28(12-9-21(18)27-22)15-19-5-3-4-10-24-19/h3-5,10,13,16-17H,6-9,11-12,14-15H2,1-2H3,(H,25,29)(H,26,27). The van der Waals surface area contributed by atoms with E-state index in [1.807, 2.05) is 18.3 Å². The van der Waals surface area contributed by atoms with E-state index in [4.69, 9.17) is 4.98 Å². The molecule has 2 aromatic rings. The highest BCUT2D eigenvalue weighted by molar-refractivity contribution is 5.99. The average molecular weight is 394 g/mol. The monoisotopic (exact) mass is 393 g/mol. The highest BCUT2D eigenvalue weighted by Crippen LogP contribution is 2.28. The molecule has 1 aliphatic heterocycles. The number of nitrogens with one attached hydrogen (secondary N) is 2. The maximum Gasteiger partial charge on any atom is 0.255 e. The van der Waals surface area contributed by atoms with Crippen LogP contribution in [0.5, 0.6) is 0 Å². The van der Waals surface area contributed by atoms with Gasteiger partial charge in [-0.05, 0) is 62.8 Å². The van der Waals surface area contributed by atoms with Crippen LogP contribution in [0.2, 0.25) is 0 Å². The average Bonchev–Trinajstić information content (AvgIpc) is 3.54. The van der Waals surface area contributed by atoms with E-state index in [-0.39, 0.29) is 11.9 Å². The van der Waals surface area contributed by atoms with Gasteiger partial charge in [0.2, 0.25) is 0 Å². The first-order chi connectivity index (χ1) is 14.1. The number of nitrogens with zero attached hydrogens (tertiary/aromatic N) is 3. The van der Waals surface area contributed by atoms with E-state index < -0.39 is 0 Å². The number of hydrogen-bond donors (Lipinski definition) is 2. The molecule has 0 unspecified atom stereocenters. The molecule has 6 nitrogen and oxygen atoms in total. The fraction of sp³-hybridized carbons (Fsp3) is 0.522. The van der Waals surface area contributed by atoms with Gasteiger partial charge in [-0.2, -0.15) is 0 Å². The summed E-state index contributed by atoms with van der Waals surface area (Å²) in [4.78, 5) is 24.6. The number of aromatic nitrogens is 2. The number of amides is 1. The topological polar surface area (TPSA) is 70.2 Å². The molecule has 2 aromatic heterocycles. The number of pyridine rings is 2. The van der Waals surface area contributed by atoms with Crippen LogP contribution in [0.15, 0.2) is 30.5 Å². The van der Waals surface area contributed by atoms with Gasteiger partial charge in [-0.15, -0.1) is 0 Å². The maximum absolute atomic E-state index is 12.8. The third-order valence-electron chi connectivity index (χ3n) is 5.58. The van der Waals surface area contributed by atoms with Crippen molar-refractivity contribution in [3.8, 4) is 0 Å². The van der Waals surface area contributed by atoms with Crippen LogP contribution in [-0.2, 0) is 19.4 Å². The lowest BCUT2D eigenvalue weighted by Crippen LogP contribution is -2.28. The van der Waals surface area contributed by atoms with E-state index in [0.717, 1.165) is 50.4 Å². The van der Waals surface area contributed by atoms with E-state index in [2.05, 4.69) is 46.5 Å². The Hall–Kier alpha value is -2.47. The highest BCUT2D eigenvalue weighted by atomic mass is 16.1. The van der Waals surface area contributed by atoms with Gasteiger partial charge in [0.15, 0.2) is 0 Å². The quantitative estimate of drug-likeness (QED) is 0.757. The number of fused-ring (bicyclic) bond motifs is 1. The zero-order chi connectivity index (χ0) is 20.2. The van der Waals surface area contributed by atoms with Crippen LogP contribution in [0.25, 0.3) is 0 Å². The Kier molecular flexibility index (Phi) is 6.09. The van der Waals surface area contributed by atoms with Crippen LogP contribution >= 0.6 is 0 Å². The lowest BCUT2D eigenvalue weighted by atomic mass is 10.0. The molecule has 0 spiro atoms. The molecule has 0 atom stereocenters. The largest absolute Gasteiger partial charge is 0.367 e. The normalized spacial score (nSPS) is 16.9. The van der Waals surface area contributed by atoms with Crippen molar-refractivity contribution in [2.75, 3.05) is 25.0 Å². The number of carbonyl (C=O) groups is 1. The molecule has 2 aliphatic rings. The van der Waals surface area contributed by atoms with Crippen LogP contribution in [0, 0.1) is 5.92 Å². The minimum atomic E-state index is -0.00932. The number of rotatable bonds is 7. The van der Waals surface area contributed by atoms with E-state index in [1.54, 1.807) is 0 Å². The summed E-state index contributed by atoms with van der Waals surface area (Å²) in [7, 11) is 0. The Balaban J connectivity index is 1.51. The fourth-order valence-corrected chi connectivity index (χ4v) is 3.77. The zero-order valence-electron chi connectivity index (χ0n) is 17.4. The van der Waals surface area contributed by atoms with Gasteiger partial charge in [-0.3, -0.25) is 14.7 Å². The summed E-state index contributed by atoms with van der Waals surface area (Å²) >= 11 is 0. The van der Waals surface area contributed by atoms with Crippen molar-refractivity contribution < 1.29 is 4.79 Å². The highest BCUT2D eigenvalue weighted by Gasteiger charge is 2.24. The molecular formula is C23H31N5O. The van der Waals surface area contributed by atoms with Crippen molar-refractivity contribution in [2.24, 2.45) is 5.92 Å². The van der Waals surface area contributed by atoms with Gasteiger partial charge >= 0.3 is 0 Å². The van der Waals surface area contributed by atoms with Crippen molar-refractivity contribution in [2.45, 2.75) is 52.1 Å². The number of anilines is 1. The summed E-state index contributed by atoms with van der Waals surface area (Å²) < 4.78 is 0. The predicted molar refractivity (Wildman–Crippen MR) is 115 cm³/mol. The van der Waals surface area contributed by atoms with Crippen LogP contribution < -0.4 is 10.6 Å². The summed E-state index contributed by atoms with van der Waals surface area (Å²) in [6.45, 7) is 7.67. The molecule has 3 heterocycles. The first kappa shape index (κ1) is 19.8. The zero-order valence-corrected chi connectivity index (χ0v) is 17.4. The molecule has 0 radical (unpaired) electrons. The summed E-state index contributed by atoms with van der Waals surface area (Å²) in [5.74, 6) is 1.37. The first-order valence-electron chi connectivity index (χ1n) is 10.8. The summed E-state index contributed by atoms with van der Waals surface area (Å²) in [5.41, 5.74) is 4.07. The Labute approximate surface area is 173 Å². The molecule has 1 fully saturated rings. The van der Waals surface area contributed by atoms with Gasteiger partial charge in [0.05, 0.1) is 11.3 Å². The molecule has 0 saturated heterocycles. The minimum Gasteiger partial charge on any atom is -0.367 e. The van der Waals surface area contributed by atoms with Crippen molar-refractivity contribution in [3.05, 3.63) is 53.0 Å². The molecular weight excluding hydrogens is 362 g/mol. The number of hydrogen-bond acceptors (Lipinski definition) is 5. The van der Waals surface area contributed by atoms with Gasteiger partial charge in [-0.25, -0.2) is 4.98 Å². The Morgan fingerprint density at radius 2 is 2.07 bits per heavy atom. The minimum absolute atomic E-state index is 0.00932. The Morgan fingerprint density at radius 3 is 2.79 bits per heavy atom. The lowest BCUT2D eigenvalue weighted by molar-refractivity contribution is 0.0952. The predicted octanol–water partition coefficient (Wildman–Crippen LogP) is 3.04. The first-order valence-corrected chi connectivity index (χ1v) is 10.8. The third-order valence-corrected chi connectivity index (χ3v) is 5.58. The molecule has 29 heavy (non-hydrogen) atoms. The van der Waals surface area contributed by atoms with Crippen LogP contribution in [-0.4, -0.2) is 46.5 Å². The SMILES string of the molecule is CC(C)Nc1nc2c(cc1C(=O)NCC1CC1)CCN(Cc1ccccn1)CC2. The molecule has 1 saturated carbocycles. The molecule has 154 valence electrons. The van der Waals surface area contributed by atoms with Gasteiger partial charge in [0.1, 0.15) is 5.82 Å². The molecule has 0 aromatic carbocycles. The number of carbonyl (C=O) groups excluding carboxylic acids is 1. The molecule has 1 amide bonds. The van der Waals surface area contributed by atoms with Crippen molar-refractivity contribution in [1.82, 2.24) is 20.2 Å². The molecule has 4 rings (SSSR count). The molecule has 0 bridgehead atoms. The second kappa shape index (κ2) is 8.91. The van der Waals surface area contributed by atoms with Gasteiger partial charge in [-0.1, -0.05) is 6.07 Å². The van der Waals surface area contributed by atoms with Gasteiger partial charge < -0.3 is 10.6 Å². The van der Waals surface area contributed by atoms with E-state index >= 15 is 0 Å². The van der Waals surface area contributed by atoms with Crippen molar-refractivity contribution >= 4 is 11.7 Å². The summed E-state index contributed by atoms with van der Waals surface area (Å²) in [5, 5.41) is 6.48. The van der Waals surface area contributed by atoms with Crippen LogP contribution in [0.4, 0.5) is 5.82 Å². The molecule has 1 aliphatic carbocycles. The van der Waals surface area contributed by atoms with Gasteiger partial charge in [0.25, 0.3) is 5.91 Å². The second-order valence-electron chi connectivity index (χ2n) is 8.54. The smallest absolute Gasteiger partial charge is 0.255 e. The Bertz CT molecular complexity index is 848. The Morgan fingerprint density at radius 1 is 1.24 bits per heavy atom. The second-order valence-corrected chi connectivity index (χ2v) is 8.54. The van der Waals surface area contributed by atoms with Crippen molar-refractivity contribution in [1.29, 1.82) is 0 Å². The van der Waals surface area contributed by atoms with Crippen LogP contribution in [0.1, 0.15) is 54.0 Å². The summed E-state index contributed by atoms with van der Waals surface area (Å²) in [6.07, 6.45) is 6.09. The fourth-order valence-electron chi connectivity index (χ4n) is 3.77. The van der Waals surface area contributed by atoms with Crippen LogP contribution in [0.3, 0.4) is 0 Å². The van der Waals surface area contributed by atoms with Crippen molar-refractivity contribution in [3.63, 3.8) is 0 Å². The lowest BCUT2D eigenvalue weighted by Gasteiger charge is -2.18. The van der Waals surface area contributed by atoms with E-state index in [1.165, 1.54) is 18.4 Å². The van der Waals surface area contributed by atoms with E-state index in [9.17, 15) is 4.79 Å². The molecule has 6 heteroatoms. The summed E-state index contributed by atoms with van der Waals surface area (Å²) in [6, 6.07) is 8.35. The third kappa shape index (κ3) is 5.32. The van der Waals surface area contributed by atoms with E-state index in [0.29, 0.717) is 17.3 Å². The molecule has 2 N–H and O–H groups in total. The van der Waals surface area contributed by atoms with Gasteiger partial charge in [0, 0.05) is 50.5 Å². The maximum atomic E-state index is 12.8.